The molecule has 0 fully saturated rings. The van der Waals surface area contributed by atoms with E-state index in [-0.39, 0.29) is 0 Å². The molecule has 0 bridgehead atoms. The first-order valence-corrected chi connectivity index (χ1v) is 3.81. The van der Waals surface area contributed by atoms with E-state index in [0.29, 0.717) is 12.5 Å². The summed E-state index contributed by atoms with van der Waals surface area (Å²) in [6, 6.07) is 1.70. The molecule has 0 aliphatic rings. The molecule has 2 aromatic rings. The van der Waals surface area contributed by atoms with Crippen LogP contribution in [0.4, 0.5) is 0 Å². The van der Waals surface area contributed by atoms with Gasteiger partial charge >= 0.3 is 0 Å². The van der Waals surface area contributed by atoms with Crippen molar-refractivity contribution >= 4 is 0 Å². The van der Waals surface area contributed by atoms with E-state index in [1.54, 1.807) is 24.8 Å². The van der Waals surface area contributed by atoms with Crippen molar-refractivity contribution in [3.63, 3.8) is 0 Å². The molecule has 66 valence electrons. The normalized spacial score (nSPS) is 9.85. The number of aromatic nitrogens is 4. The van der Waals surface area contributed by atoms with Gasteiger partial charge in [0, 0.05) is 12.3 Å². The summed E-state index contributed by atoms with van der Waals surface area (Å²) in [4.78, 5) is 14.5. The number of nitrogens with one attached hydrogen (secondary N) is 1. The van der Waals surface area contributed by atoms with Crippen molar-refractivity contribution in [2.75, 3.05) is 0 Å². The van der Waals surface area contributed by atoms with Gasteiger partial charge in [-0.05, 0) is 0 Å². The number of imidazole rings is 1. The van der Waals surface area contributed by atoms with Gasteiger partial charge in [-0.2, -0.15) is 0 Å². The maximum Gasteiger partial charge on any atom is 0.216 e. The Labute approximate surface area is 74.8 Å². The number of hydrogen-bond donors (Lipinski definition) is 1. The number of nitrogens with zero attached hydrogens (tertiary/aromatic N) is 3. The van der Waals surface area contributed by atoms with E-state index in [9.17, 15) is 0 Å². The summed E-state index contributed by atoms with van der Waals surface area (Å²) in [5.74, 6) is 0.560. The average Bonchev–Trinajstić information content (AvgIpc) is 2.69. The Kier molecular flexibility index (Phi) is 2.18. The number of H-pyrrole nitrogens is 1. The Hall–Kier alpha value is -1.91. The first kappa shape index (κ1) is 7.72. The third kappa shape index (κ3) is 2.02. The minimum atomic E-state index is 0.441. The number of rotatable bonds is 3. The Morgan fingerprint density at radius 1 is 1.38 bits per heavy atom. The fourth-order valence-electron chi connectivity index (χ4n) is 0.879. The van der Waals surface area contributed by atoms with E-state index in [1.807, 2.05) is 0 Å². The molecule has 2 rings (SSSR count). The monoisotopic (exact) mass is 176 g/mol. The van der Waals surface area contributed by atoms with Gasteiger partial charge in [-0.25, -0.2) is 15.0 Å². The standard InChI is InChI=1S/C8H8N4O/c1-2-9-5-12-8(1)13-4-7-3-10-6-11-7/h1-3,5-6H,4H2,(H,10,11). The molecule has 0 aromatic carbocycles. The van der Waals surface area contributed by atoms with Gasteiger partial charge in [0.15, 0.2) is 0 Å². The van der Waals surface area contributed by atoms with Crippen LogP contribution in [0.3, 0.4) is 0 Å². The molecule has 13 heavy (non-hydrogen) atoms. The maximum atomic E-state index is 5.33. The smallest absolute Gasteiger partial charge is 0.216 e. The van der Waals surface area contributed by atoms with Crippen LogP contribution in [0.25, 0.3) is 0 Å². The Bertz CT molecular complexity index is 346. The van der Waals surface area contributed by atoms with Crippen LogP contribution in [0.1, 0.15) is 5.69 Å². The average molecular weight is 176 g/mol. The highest BCUT2D eigenvalue weighted by molar-refractivity contribution is 5.05. The topological polar surface area (TPSA) is 63.7 Å². The van der Waals surface area contributed by atoms with Crippen molar-refractivity contribution in [3.05, 3.63) is 36.8 Å². The summed E-state index contributed by atoms with van der Waals surface area (Å²) in [6.07, 6.45) is 6.40. The van der Waals surface area contributed by atoms with Gasteiger partial charge in [0.25, 0.3) is 0 Å². The van der Waals surface area contributed by atoms with Crippen LogP contribution in [0, 0.1) is 0 Å². The van der Waals surface area contributed by atoms with E-state index in [4.69, 9.17) is 4.74 Å². The molecule has 1 N–H and O–H groups in total. The van der Waals surface area contributed by atoms with Gasteiger partial charge in [0.2, 0.25) is 5.88 Å². The lowest BCUT2D eigenvalue weighted by molar-refractivity contribution is 0.289. The summed E-state index contributed by atoms with van der Waals surface area (Å²) in [7, 11) is 0. The first-order chi connectivity index (χ1) is 6.45. The third-order valence-electron chi connectivity index (χ3n) is 1.49. The molecule has 0 aliphatic carbocycles. The molecule has 0 atom stereocenters. The lowest BCUT2D eigenvalue weighted by Crippen LogP contribution is -1.97. The second-order valence-corrected chi connectivity index (χ2v) is 2.41. The number of aromatic amines is 1. The molecule has 0 saturated heterocycles. The highest BCUT2D eigenvalue weighted by Crippen LogP contribution is 2.04. The summed E-state index contributed by atoms with van der Waals surface area (Å²) in [5.41, 5.74) is 0.915. The second-order valence-electron chi connectivity index (χ2n) is 2.41. The van der Waals surface area contributed by atoms with Crippen molar-refractivity contribution in [2.24, 2.45) is 0 Å². The predicted molar refractivity (Wildman–Crippen MR) is 45.0 cm³/mol. The molecule has 0 radical (unpaired) electrons. The van der Waals surface area contributed by atoms with Crippen LogP contribution < -0.4 is 4.74 Å². The quantitative estimate of drug-likeness (QED) is 0.750. The lowest BCUT2D eigenvalue weighted by atomic mass is 10.5. The second kappa shape index (κ2) is 3.66. The van der Waals surface area contributed by atoms with Gasteiger partial charge in [0.1, 0.15) is 12.9 Å². The molecule has 2 heterocycles. The number of ether oxygens (including phenoxy) is 1. The molecule has 2 aromatic heterocycles. The summed E-state index contributed by atoms with van der Waals surface area (Å²) < 4.78 is 5.33. The van der Waals surface area contributed by atoms with Crippen molar-refractivity contribution in [3.8, 4) is 5.88 Å². The van der Waals surface area contributed by atoms with Crippen molar-refractivity contribution in [2.45, 2.75) is 6.61 Å². The van der Waals surface area contributed by atoms with E-state index in [0.717, 1.165) is 5.69 Å². The Morgan fingerprint density at radius 2 is 2.38 bits per heavy atom. The summed E-state index contributed by atoms with van der Waals surface area (Å²) in [6.45, 7) is 0.441. The zero-order chi connectivity index (χ0) is 8.93. The molecule has 5 nitrogen and oxygen atoms in total. The van der Waals surface area contributed by atoms with Crippen molar-refractivity contribution < 1.29 is 4.74 Å². The van der Waals surface area contributed by atoms with Gasteiger partial charge in [-0.3, -0.25) is 0 Å². The summed E-state index contributed by atoms with van der Waals surface area (Å²) >= 11 is 0. The Morgan fingerprint density at radius 3 is 3.08 bits per heavy atom. The molecule has 0 unspecified atom stereocenters. The molecule has 0 amide bonds. The van der Waals surface area contributed by atoms with Gasteiger partial charge < -0.3 is 9.72 Å². The van der Waals surface area contributed by atoms with Crippen LogP contribution in [0.5, 0.6) is 5.88 Å². The fraction of sp³-hybridized carbons (Fsp3) is 0.125. The van der Waals surface area contributed by atoms with E-state index in [1.165, 1.54) is 6.33 Å². The van der Waals surface area contributed by atoms with Crippen LogP contribution in [0.15, 0.2) is 31.1 Å². The van der Waals surface area contributed by atoms with E-state index >= 15 is 0 Å². The van der Waals surface area contributed by atoms with Gasteiger partial charge in [-0.15, -0.1) is 0 Å². The molecule has 0 saturated carbocycles. The van der Waals surface area contributed by atoms with E-state index in [2.05, 4.69) is 19.9 Å². The minimum Gasteiger partial charge on any atom is -0.471 e. The zero-order valence-corrected chi connectivity index (χ0v) is 6.84. The fourth-order valence-corrected chi connectivity index (χ4v) is 0.879. The zero-order valence-electron chi connectivity index (χ0n) is 6.84. The van der Waals surface area contributed by atoms with Crippen LogP contribution in [0.2, 0.25) is 0 Å². The molecular weight excluding hydrogens is 168 g/mol. The van der Waals surface area contributed by atoms with Crippen molar-refractivity contribution in [1.82, 2.24) is 19.9 Å². The van der Waals surface area contributed by atoms with Crippen LogP contribution in [-0.4, -0.2) is 19.9 Å². The SMILES string of the molecule is c1cc(OCc2cnc[nH]2)ncn1. The Balaban J connectivity index is 1.94. The molecular formula is C8H8N4O. The van der Waals surface area contributed by atoms with Gasteiger partial charge in [-0.1, -0.05) is 0 Å². The number of hydrogen-bond acceptors (Lipinski definition) is 4. The third-order valence-corrected chi connectivity index (χ3v) is 1.49. The van der Waals surface area contributed by atoms with E-state index < -0.39 is 0 Å². The predicted octanol–water partition coefficient (Wildman–Crippen LogP) is 0.779. The van der Waals surface area contributed by atoms with Crippen LogP contribution in [-0.2, 0) is 6.61 Å². The minimum absolute atomic E-state index is 0.441. The molecule has 0 aliphatic heterocycles. The van der Waals surface area contributed by atoms with Gasteiger partial charge in [0.05, 0.1) is 18.2 Å². The maximum absolute atomic E-state index is 5.33. The lowest BCUT2D eigenvalue weighted by Gasteiger charge is -2.01. The highest BCUT2D eigenvalue weighted by atomic mass is 16.5. The van der Waals surface area contributed by atoms with Crippen LogP contribution >= 0.6 is 0 Å². The summed E-state index contributed by atoms with van der Waals surface area (Å²) in [5, 5.41) is 0. The first-order valence-electron chi connectivity index (χ1n) is 3.81. The largest absolute Gasteiger partial charge is 0.471 e. The molecule has 0 spiro atoms. The highest BCUT2D eigenvalue weighted by Gasteiger charge is 1.95. The van der Waals surface area contributed by atoms with Crippen molar-refractivity contribution in [1.29, 1.82) is 0 Å². The molecule has 5 heteroatoms.